The number of benzene rings is 1. The monoisotopic (exact) mass is 338 g/mol. The Balaban J connectivity index is 1.70. The molecule has 2 aromatic rings. The van der Waals surface area contributed by atoms with Crippen LogP contribution in [-0.2, 0) is 11.8 Å². The average molecular weight is 338 g/mol. The molecule has 4 nitrogen and oxygen atoms in total. The molecule has 25 heavy (non-hydrogen) atoms. The van der Waals surface area contributed by atoms with E-state index in [1.54, 1.807) is 0 Å². The van der Waals surface area contributed by atoms with Crippen LogP contribution in [0.2, 0.25) is 0 Å². The van der Waals surface area contributed by atoms with Crippen LogP contribution >= 0.6 is 0 Å². The van der Waals surface area contributed by atoms with Crippen LogP contribution in [0.25, 0.3) is 5.57 Å². The number of nitrogens with zero attached hydrogens (tertiary/aromatic N) is 2. The van der Waals surface area contributed by atoms with Gasteiger partial charge >= 0.3 is 5.97 Å². The van der Waals surface area contributed by atoms with Crippen LogP contribution in [0.3, 0.4) is 0 Å². The molecule has 0 spiro atoms. The van der Waals surface area contributed by atoms with Gasteiger partial charge in [0.1, 0.15) is 0 Å². The second kappa shape index (κ2) is 8.17. The van der Waals surface area contributed by atoms with Gasteiger partial charge in [-0.15, -0.1) is 0 Å². The number of carbonyl (C=O) groups is 1. The maximum absolute atomic E-state index is 11.2. The summed E-state index contributed by atoms with van der Waals surface area (Å²) in [6.45, 7) is 2.59. The van der Waals surface area contributed by atoms with Crippen LogP contribution in [-0.4, -0.2) is 40.2 Å². The van der Waals surface area contributed by atoms with Crippen LogP contribution in [0.15, 0.2) is 54.9 Å². The fourth-order valence-electron chi connectivity index (χ4n) is 3.53. The first-order chi connectivity index (χ1) is 12.1. The molecule has 0 saturated carbocycles. The van der Waals surface area contributed by atoms with Gasteiger partial charge in [-0.1, -0.05) is 36.4 Å². The van der Waals surface area contributed by atoms with Gasteiger partial charge in [-0.3, -0.25) is 4.79 Å². The lowest BCUT2D eigenvalue weighted by Gasteiger charge is -2.30. The van der Waals surface area contributed by atoms with Crippen molar-refractivity contribution in [1.82, 2.24) is 9.47 Å². The third-order valence-electron chi connectivity index (χ3n) is 4.88. The third kappa shape index (κ3) is 4.60. The Morgan fingerprint density at radius 1 is 1.24 bits per heavy atom. The first-order valence-corrected chi connectivity index (χ1v) is 8.96. The molecule has 132 valence electrons. The van der Waals surface area contributed by atoms with Crippen molar-refractivity contribution in [2.24, 2.45) is 13.0 Å². The molecule has 3 rings (SSSR count). The Morgan fingerprint density at radius 2 is 2.04 bits per heavy atom. The van der Waals surface area contributed by atoms with Crippen molar-refractivity contribution in [3.63, 3.8) is 0 Å². The summed E-state index contributed by atoms with van der Waals surface area (Å²) in [6, 6.07) is 12.6. The number of hydrogen-bond acceptors (Lipinski definition) is 2. The molecule has 0 bridgehead atoms. The van der Waals surface area contributed by atoms with Crippen LogP contribution in [0.1, 0.15) is 30.4 Å². The Morgan fingerprint density at radius 3 is 2.72 bits per heavy atom. The highest BCUT2D eigenvalue weighted by Gasteiger charge is 2.24. The SMILES string of the molecule is Cn1ccc(C(=CCCN2CCCC(C(=O)O)C2)c2ccccc2)c1. The lowest BCUT2D eigenvalue weighted by atomic mass is 9.97. The van der Waals surface area contributed by atoms with Gasteiger partial charge in [-0.05, 0) is 48.6 Å². The van der Waals surface area contributed by atoms with Crippen molar-refractivity contribution < 1.29 is 9.90 Å². The molecule has 1 saturated heterocycles. The zero-order valence-corrected chi connectivity index (χ0v) is 14.8. The van der Waals surface area contributed by atoms with Crippen molar-refractivity contribution in [3.8, 4) is 0 Å². The molecule has 0 amide bonds. The number of hydrogen-bond donors (Lipinski definition) is 1. The lowest BCUT2D eigenvalue weighted by Crippen LogP contribution is -2.39. The number of aromatic nitrogens is 1. The summed E-state index contributed by atoms with van der Waals surface area (Å²) in [6.07, 6.45) is 9.20. The minimum Gasteiger partial charge on any atom is -0.481 e. The van der Waals surface area contributed by atoms with E-state index in [4.69, 9.17) is 0 Å². The second-order valence-corrected chi connectivity index (χ2v) is 6.82. The molecule has 0 radical (unpaired) electrons. The fraction of sp³-hybridized carbons (Fsp3) is 0.381. The van der Waals surface area contributed by atoms with Crippen molar-refractivity contribution in [2.75, 3.05) is 19.6 Å². The number of aryl methyl sites for hydroxylation is 1. The molecule has 1 fully saturated rings. The Labute approximate surface area is 149 Å². The van der Waals surface area contributed by atoms with E-state index in [0.29, 0.717) is 6.54 Å². The lowest BCUT2D eigenvalue weighted by molar-refractivity contribution is -0.143. The third-order valence-corrected chi connectivity index (χ3v) is 4.88. The van der Waals surface area contributed by atoms with E-state index in [9.17, 15) is 9.90 Å². The Bertz CT molecular complexity index is 733. The van der Waals surface area contributed by atoms with Crippen LogP contribution in [0.5, 0.6) is 0 Å². The molecule has 0 aliphatic carbocycles. The smallest absolute Gasteiger partial charge is 0.307 e. The predicted octanol–water partition coefficient (Wildman–Crippen LogP) is 3.64. The zero-order chi connectivity index (χ0) is 17.6. The molecule has 2 heterocycles. The predicted molar refractivity (Wildman–Crippen MR) is 100 cm³/mol. The van der Waals surface area contributed by atoms with E-state index in [-0.39, 0.29) is 5.92 Å². The van der Waals surface area contributed by atoms with E-state index in [1.807, 2.05) is 13.1 Å². The van der Waals surface area contributed by atoms with Crippen molar-refractivity contribution in [1.29, 1.82) is 0 Å². The normalized spacial score (nSPS) is 19.1. The van der Waals surface area contributed by atoms with Crippen molar-refractivity contribution >= 4 is 11.5 Å². The highest BCUT2D eigenvalue weighted by molar-refractivity contribution is 5.79. The van der Waals surface area contributed by atoms with E-state index in [2.05, 4.69) is 58.3 Å². The molecule has 1 aromatic heterocycles. The number of aliphatic carboxylic acids is 1. The van der Waals surface area contributed by atoms with Gasteiger partial charge in [0.25, 0.3) is 0 Å². The van der Waals surface area contributed by atoms with Gasteiger partial charge in [0.05, 0.1) is 5.92 Å². The van der Waals surface area contributed by atoms with Gasteiger partial charge in [-0.2, -0.15) is 0 Å². The molecular formula is C21H26N2O2. The number of piperidine rings is 1. The minimum atomic E-state index is -0.658. The molecule has 1 aliphatic heterocycles. The topological polar surface area (TPSA) is 45.5 Å². The van der Waals surface area contributed by atoms with Crippen molar-refractivity contribution in [2.45, 2.75) is 19.3 Å². The summed E-state index contributed by atoms with van der Waals surface area (Å²) < 4.78 is 2.06. The summed E-state index contributed by atoms with van der Waals surface area (Å²) in [5.74, 6) is -0.866. The van der Waals surface area contributed by atoms with E-state index < -0.39 is 5.97 Å². The largest absolute Gasteiger partial charge is 0.481 e. The molecule has 1 atom stereocenters. The number of likely N-dealkylation sites (tertiary alicyclic amines) is 1. The fourth-order valence-corrected chi connectivity index (χ4v) is 3.53. The van der Waals surface area contributed by atoms with E-state index in [1.165, 1.54) is 16.7 Å². The first-order valence-electron chi connectivity index (χ1n) is 8.96. The summed E-state index contributed by atoms with van der Waals surface area (Å²) in [5.41, 5.74) is 3.68. The van der Waals surface area contributed by atoms with Crippen molar-refractivity contribution in [3.05, 3.63) is 66.0 Å². The van der Waals surface area contributed by atoms with Gasteiger partial charge in [0, 0.05) is 32.5 Å². The number of carboxylic acid groups (broad SMARTS) is 1. The van der Waals surface area contributed by atoms with Gasteiger partial charge in [0.15, 0.2) is 0 Å². The maximum Gasteiger partial charge on any atom is 0.307 e. The minimum absolute atomic E-state index is 0.208. The van der Waals surface area contributed by atoms with Crippen LogP contribution < -0.4 is 0 Å². The molecule has 1 unspecified atom stereocenters. The quantitative estimate of drug-likeness (QED) is 0.874. The zero-order valence-electron chi connectivity index (χ0n) is 14.8. The van der Waals surface area contributed by atoms with Crippen LogP contribution in [0, 0.1) is 5.92 Å². The summed E-state index contributed by atoms with van der Waals surface area (Å²) in [5, 5.41) is 9.23. The molecule has 1 aromatic carbocycles. The molecular weight excluding hydrogens is 312 g/mol. The Hall–Kier alpha value is -2.33. The van der Waals surface area contributed by atoms with Gasteiger partial charge in [0.2, 0.25) is 0 Å². The summed E-state index contributed by atoms with van der Waals surface area (Å²) in [7, 11) is 2.03. The number of rotatable bonds is 6. The first kappa shape index (κ1) is 17.5. The summed E-state index contributed by atoms with van der Waals surface area (Å²) in [4.78, 5) is 13.5. The molecule has 1 aliphatic rings. The molecule has 1 N–H and O–H groups in total. The number of carboxylic acids is 1. The summed E-state index contributed by atoms with van der Waals surface area (Å²) >= 11 is 0. The highest BCUT2D eigenvalue weighted by atomic mass is 16.4. The Kier molecular flexibility index (Phi) is 5.71. The van der Waals surface area contributed by atoms with Gasteiger partial charge in [-0.25, -0.2) is 0 Å². The van der Waals surface area contributed by atoms with E-state index in [0.717, 1.165) is 32.4 Å². The molecule has 4 heteroatoms. The highest BCUT2D eigenvalue weighted by Crippen LogP contribution is 2.24. The standard InChI is InChI=1S/C21H26N2O2/c1-22-14-11-18(15-22)20(17-7-3-2-4-8-17)10-6-13-23-12-5-9-19(16-23)21(24)25/h2-4,7-8,10-11,14-15,19H,5-6,9,12-13,16H2,1H3,(H,24,25). The van der Waals surface area contributed by atoms with Gasteiger partial charge < -0.3 is 14.6 Å². The average Bonchev–Trinajstić information content (AvgIpc) is 3.06. The van der Waals surface area contributed by atoms with E-state index >= 15 is 0 Å². The second-order valence-electron chi connectivity index (χ2n) is 6.82. The maximum atomic E-state index is 11.2. The van der Waals surface area contributed by atoms with Crippen LogP contribution in [0.4, 0.5) is 0 Å².